The van der Waals surface area contributed by atoms with Crippen LogP contribution in [0.1, 0.15) is 25.6 Å². The number of fused-ring (bicyclic) bond motifs is 1. The zero-order chi connectivity index (χ0) is 17.3. The minimum absolute atomic E-state index is 0.267. The molecule has 0 radical (unpaired) electrons. The van der Waals surface area contributed by atoms with Crippen LogP contribution in [0, 0.1) is 0 Å². The van der Waals surface area contributed by atoms with Crippen molar-refractivity contribution in [3.63, 3.8) is 0 Å². The Morgan fingerprint density at radius 2 is 2.36 bits per heavy atom. The first kappa shape index (κ1) is 17.6. The molecular formula is C17H26N6O2. The van der Waals surface area contributed by atoms with Gasteiger partial charge in [-0.1, -0.05) is 6.07 Å². The predicted octanol–water partition coefficient (Wildman–Crippen LogP) is 0.980. The number of aliphatic imine (C=N–C) groups is 1. The topological polar surface area (TPSA) is 85.1 Å². The molecule has 1 saturated heterocycles. The number of rotatable bonds is 8. The Labute approximate surface area is 147 Å². The lowest BCUT2D eigenvalue weighted by Gasteiger charge is -2.12. The van der Waals surface area contributed by atoms with Crippen LogP contribution in [-0.2, 0) is 16.0 Å². The maximum absolute atomic E-state index is 5.76. The van der Waals surface area contributed by atoms with Crippen molar-refractivity contribution in [1.29, 1.82) is 0 Å². The van der Waals surface area contributed by atoms with Crippen molar-refractivity contribution in [3.8, 4) is 0 Å². The number of aromatic nitrogens is 3. The van der Waals surface area contributed by atoms with Crippen LogP contribution in [0.15, 0.2) is 29.4 Å². The number of nitrogens with one attached hydrogen (secondary N) is 2. The van der Waals surface area contributed by atoms with E-state index in [0.717, 1.165) is 63.2 Å². The van der Waals surface area contributed by atoms with E-state index in [1.807, 2.05) is 35.7 Å². The molecule has 1 aliphatic rings. The van der Waals surface area contributed by atoms with E-state index in [2.05, 4.69) is 25.8 Å². The van der Waals surface area contributed by atoms with E-state index in [9.17, 15) is 0 Å². The van der Waals surface area contributed by atoms with Crippen LogP contribution in [0.25, 0.3) is 5.65 Å². The van der Waals surface area contributed by atoms with Gasteiger partial charge in [0, 0.05) is 32.5 Å². The van der Waals surface area contributed by atoms with Crippen molar-refractivity contribution in [2.45, 2.75) is 32.4 Å². The van der Waals surface area contributed by atoms with Gasteiger partial charge in [0.05, 0.1) is 12.7 Å². The van der Waals surface area contributed by atoms with Gasteiger partial charge in [0.2, 0.25) is 0 Å². The Kier molecular flexibility index (Phi) is 6.58. The number of ether oxygens (including phenoxy) is 2. The van der Waals surface area contributed by atoms with Crippen LogP contribution in [0.4, 0.5) is 0 Å². The fourth-order valence-electron chi connectivity index (χ4n) is 2.66. The molecule has 136 valence electrons. The van der Waals surface area contributed by atoms with Gasteiger partial charge in [0.1, 0.15) is 6.54 Å². The second-order valence-electron chi connectivity index (χ2n) is 5.88. The maximum atomic E-state index is 5.76. The first-order chi connectivity index (χ1) is 12.4. The second-order valence-corrected chi connectivity index (χ2v) is 5.88. The molecular weight excluding hydrogens is 320 g/mol. The van der Waals surface area contributed by atoms with Crippen LogP contribution in [-0.4, -0.2) is 59.6 Å². The van der Waals surface area contributed by atoms with E-state index in [-0.39, 0.29) is 6.10 Å². The van der Waals surface area contributed by atoms with Crippen molar-refractivity contribution in [2.24, 2.45) is 4.99 Å². The average molecular weight is 346 g/mol. The SMILES string of the molecule is CCNC(=NCc1nnc2ccccn12)NCCCOC1CCOC1. The van der Waals surface area contributed by atoms with Gasteiger partial charge in [-0.25, -0.2) is 4.99 Å². The molecule has 1 fully saturated rings. The lowest BCUT2D eigenvalue weighted by Crippen LogP contribution is -2.38. The van der Waals surface area contributed by atoms with E-state index in [1.54, 1.807) is 0 Å². The highest BCUT2D eigenvalue weighted by Crippen LogP contribution is 2.08. The lowest BCUT2D eigenvalue weighted by atomic mass is 10.3. The van der Waals surface area contributed by atoms with Crippen LogP contribution in [0.5, 0.6) is 0 Å². The third kappa shape index (κ3) is 5.14. The smallest absolute Gasteiger partial charge is 0.191 e. The molecule has 2 N–H and O–H groups in total. The zero-order valence-electron chi connectivity index (χ0n) is 14.6. The molecule has 2 aromatic rings. The number of hydrogen-bond donors (Lipinski definition) is 2. The summed E-state index contributed by atoms with van der Waals surface area (Å²) in [5.41, 5.74) is 0.832. The first-order valence-corrected chi connectivity index (χ1v) is 8.87. The van der Waals surface area contributed by atoms with Crippen LogP contribution >= 0.6 is 0 Å². The number of hydrogen-bond acceptors (Lipinski definition) is 5. The largest absolute Gasteiger partial charge is 0.379 e. The summed E-state index contributed by atoms with van der Waals surface area (Å²) in [6.45, 7) is 6.40. The Hall–Kier alpha value is -2.19. The molecule has 8 nitrogen and oxygen atoms in total. The molecule has 0 saturated carbocycles. The van der Waals surface area contributed by atoms with Crippen LogP contribution in [0.3, 0.4) is 0 Å². The normalized spacial score (nSPS) is 18.0. The predicted molar refractivity (Wildman–Crippen MR) is 95.6 cm³/mol. The highest BCUT2D eigenvalue weighted by atomic mass is 16.5. The average Bonchev–Trinajstić information content (AvgIpc) is 3.29. The number of guanidine groups is 1. The summed E-state index contributed by atoms with van der Waals surface area (Å²) in [5, 5.41) is 14.9. The molecule has 25 heavy (non-hydrogen) atoms. The standard InChI is InChI=1S/C17H26N6O2/c1-2-18-17(19-8-5-10-25-14-7-11-24-13-14)20-12-16-22-21-15-6-3-4-9-23(15)16/h3-4,6,9,14H,2,5,7-8,10-13H2,1H3,(H2,18,19,20). The summed E-state index contributed by atoms with van der Waals surface area (Å²) >= 11 is 0. The van der Waals surface area contributed by atoms with Gasteiger partial charge in [-0.15, -0.1) is 10.2 Å². The molecule has 2 aromatic heterocycles. The fraction of sp³-hybridized carbons (Fsp3) is 0.588. The number of nitrogens with zero attached hydrogens (tertiary/aromatic N) is 4. The first-order valence-electron chi connectivity index (χ1n) is 8.87. The summed E-state index contributed by atoms with van der Waals surface area (Å²) < 4.78 is 13.0. The van der Waals surface area contributed by atoms with Gasteiger partial charge < -0.3 is 20.1 Å². The fourth-order valence-corrected chi connectivity index (χ4v) is 2.66. The van der Waals surface area contributed by atoms with Gasteiger partial charge >= 0.3 is 0 Å². The minimum Gasteiger partial charge on any atom is -0.379 e. The summed E-state index contributed by atoms with van der Waals surface area (Å²) in [7, 11) is 0. The van der Waals surface area contributed by atoms with Crippen LogP contribution < -0.4 is 10.6 Å². The van der Waals surface area contributed by atoms with Crippen LogP contribution in [0.2, 0.25) is 0 Å². The molecule has 3 rings (SSSR count). The summed E-state index contributed by atoms with van der Waals surface area (Å²) in [4.78, 5) is 4.59. The third-order valence-corrected chi connectivity index (χ3v) is 3.96. The quantitative estimate of drug-likeness (QED) is 0.421. The molecule has 0 spiro atoms. The highest BCUT2D eigenvalue weighted by molar-refractivity contribution is 5.79. The lowest BCUT2D eigenvalue weighted by molar-refractivity contribution is 0.0420. The highest BCUT2D eigenvalue weighted by Gasteiger charge is 2.15. The number of pyridine rings is 1. The molecule has 8 heteroatoms. The van der Waals surface area contributed by atoms with Gasteiger partial charge in [0.15, 0.2) is 17.4 Å². The Balaban J connectivity index is 1.45. The zero-order valence-corrected chi connectivity index (χ0v) is 14.6. The van der Waals surface area contributed by atoms with Crippen molar-refractivity contribution >= 4 is 11.6 Å². The second kappa shape index (κ2) is 9.33. The molecule has 1 unspecified atom stereocenters. The Bertz CT molecular complexity index is 681. The van der Waals surface area contributed by atoms with E-state index >= 15 is 0 Å². The van der Waals surface area contributed by atoms with Crippen molar-refractivity contribution in [2.75, 3.05) is 32.9 Å². The molecule has 1 aliphatic heterocycles. The van der Waals surface area contributed by atoms with E-state index in [4.69, 9.17) is 9.47 Å². The Morgan fingerprint density at radius 1 is 1.40 bits per heavy atom. The molecule has 3 heterocycles. The third-order valence-electron chi connectivity index (χ3n) is 3.96. The Morgan fingerprint density at radius 3 is 3.20 bits per heavy atom. The van der Waals surface area contributed by atoms with Gasteiger partial charge in [-0.05, 0) is 31.9 Å². The van der Waals surface area contributed by atoms with E-state index < -0.39 is 0 Å². The summed E-state index contributed by atoms with van der Waals surface area (Å²) in [5.74, 6) is 1.59. The minimum atomic E-state index is 0.267. The molecule has 0 aliphatic carbocycles. The van der Waals surface area contributed by atoms with E-state index in [0.29, 0.717) is 6.54 Å². The summed E-state index contributed by atoms with van der Waals surface area (Å²) in [6.07, 6.45) is 4.14. The van der Waals surface area contributed by atoms with Crippen molar-refractivity contribution < 1.29 is 9.47 Å². The van der Waals surface area contributed by atoms with E-state index in [1.165, 1.54) is 0 Å². The molecule has 0 bridgehead atoms. The van der Waals surface area contributed by atoms with Gasteiger partial charge in [-0.3, -0.25) is 4.40 Å². The van der Waals surface area contributed by atoms with Gasteiger partial charge in [0.25, 0.3) is 0 Å². The molecule has 0 aromatic carbocycles. The molecule has 0 amide bonds. The molecule has 1 atom stereocenters. The maximum Gasteiger partial charge on any atom is 0.191 e. The summed E-state index contributed by atoms with van der Waals surface area (Å²) in [6, 6.07) is 5.84. The van der Waals surface area contributed by atoms with Gasteiger partial charge in [-0.2, -0.15) is 0 Å². The van der Waals surface area contributed by atoms with Crippen molar-refractivity contribution in [3.05, 3.63) is 30.2 Å². The van der Waals surface area contributed by atoms with Crippen molar-refractivity contribution in [1.82, 2.24) is 25.2 Å². The monoisotopic (exact) mass is 346 g/mol.